The molecule has 6 heteroatoms. The zero-order chi connectivity index (χ0) is 13.6. The van der Waals surface area contributed by atoms with Crippen LogP contribution in [0.15, 0.2) is 18.2 Å². The SMILES string of the molecule is Cc1sc(N)nc1-c1ccc2c(c1)NC(=O)[C@H](C)O2. The molecule has 0 aliphatic carbocycles. The van der Waals surface area contributed by atoms with Gasteiger partial charge in [-0.25, -0.2) is 4.98 Å². The highest BCUT2D eigenvalue weighted by atomic mass is 32.1. The molecular formula is C13H13N3O2S. The average Bonchev–Trinajstić information content (AvgIpc) is 2.69. The molecule has 98 valence electrons. The number of aromatic nitrogens is 1. The Kier molecular flexibility index (Phi) is 2.67. The third-order valence-electron chi connectivity index (χ3n) is 3.00. The zero-order valence-electron chi connectivity index (χ0n) is 10.6. The quantitative estimate of drug-likeness (QED) is 0.838. The van der Waals surface area contributed by atoms with Crippen LogP contribution in [0.5, 0.6) is 5.75 Å². The molecule has 3 N–H and O–H groups in total. The second-order valence-electron chi connectivity index (χ2n) is 4.42. The van der Waals surface area contributed by atoms with E-state index >= 15 is 0 Å². The smallest absolute Gasteiger partial charge is 0.265 e. The first-order chi connectivity index (χ1) is 9.04. The third-order valence-corrected chi connectivity index (χ3v) is 3.80. The van der Waals surface area contributed by atoms with Crippen molar-refractivity contribution in [1.29, 1.82) is 0 Å². The van der Waals surface area contributed by atoms with E-state index in [1.54, 1.807) is 6.92 Å². The van der Waals surface area contributed by atoms with Crippen LogP contribution in [0.4, 0.5) is 10.8 Å². The predicted octanol–water partition coefficient (Wildman–Crippen LogP) is 2.42. The summed E-state index contributed by atoms with van der Waals surface area (Å²) in [5.41, 5.74) is 8.15. The molecule has 2 heterocycles. The second kappa shape index (κ2) is 4.24. The second-order valence-corrected chi connectivity index (χ2v) is 5.65. The first-order valence-corrected chi connectivity index (χ1v) is 6.71. The number of thiazole rings is 1. The number of anilines is 2. The monoisotopic (exact) mass is 275 g/mol. The molecule has 2 aromatic rings. The Hall–Kier alpha value is -2.08. The number of fused-ring (bicyclic) bond motifs is 1. The Labute approximate surface area is 114 Å². The summed E-state index contributed by atoms with van der Waals surface area (Å²) < 4.78 is 5.52. The lowest BCUT2D eigenvalue weighted by atomic mass is 10.1. The molecule has 0 unspecified atom stereocenters. The van der Waals surface area contributed by atoms with Crippen molar-refractivity contribution in [2.24, 2.45) is 0 Å². The fourth-order valence-electron chi connectivity index (χ4n) is 2.04. The number of hydrogen-bond acceptors (Lipinski definition) is 5. The summed E-state index contributed by atoms with van der Waals surface area (Å²) in [5, 5.41) is 3.37. The van der Waals surface area contributed by atoms with E-state index in [1.165, 1.54) is 11.3 Å². The van der Waals surface area contributed by atoms with Gasteiger partial charge in [-0.05, 0) is 32.0 Å². The number of nitrogens with one attached hydrogen (secondary N) is 1. The summed E-state index contributed by atoms with van der Waals surface area (Å²) in [7, 11) is 0. The van der Waals surface area contributed by atoms with Crippen LogP contribution in [0, 0.1) is 6.92 Å². The van der Waals surface area contributed by atoms with E-state index in [1.807, 2.05) is 25.1 Å². The maximum Gasteiger partial charge on any atom is 0.265 e. The van der Waals surface area contributed by atoms with E-state index in [2.05, 4.69) is 10.3 Å². The van der Waals surface area contributed by atoms with Gasteiger partial charge in [0.05, 0.1) is 11.4 Å². The number of benzene rings is 1. The van der Waals surface area contributed by atoms with Gasteiger partial charge < -0.3 is 15.8 Å². The molecule has 1 aromatic carbocycles. The molecule has 1 atom stereocenters. The van der Waals surface area contributed by atoms with Crippen LogP contribution in [0.1, 0.15) is 11.8 Å². The summed E-state index contributed by atoms with van der Waals surface area (Å²) in [4.78, 5) is 17.0. The lowest BCUT2D eigenvalue weighted by Crippen LogP contribution is -2.34. The minimum absolute atomic E-state index is 0.140. The zero-order valence-corrected chi connectivity index (χ0v) is 11.4. The molecule has 19 heavy (non-hydrogen) atoms. The van der Waals surface area contributed by atoms with E-state index in [0.29, 0.717) is 16.6 Å². The highest BCUT2D eigenvalue weighted by molar-refractivity contribution is 7.15. The maximum absolute atomic E-state index is 11.6. The van der Waals surface area contributed by atoms with Crippen molar-refractivity contribution in [3.8, 4) is 17.0 Å². The van der Waals surface area contributed by atoms with Gasteiger partial charge in [-0.15, -0.1) is 11.3 Å². The summed E-state index contributed by atoms with van der Waals surface area (Å²) in [6.07, 6.45) is -0.463. The molecule has 0 bridgehead atoms. The molecule has 3 rings (SSSR count). The van der Waals surface area contributed by atoms with Gasteiger partial charge in [0.15, 0.2) is 11.2 Å². The van der Waals surface area contributed by atoms with Crippen LogP contribution in [-0.4, -0.2) is 17.0 Å². The fourth-order valence-corrected chi connectivity index (χ4v) is 2.75. The third kappa shape index (κ3) is 2.04. The van der Waals surface area contributed by atoms with Crippen molar-refractivity contribution >= 4 is 28.1 Å². The Morgan fingerprint density at radius 3 is 2.95 bits per heavy atom. The van der Waals surface area contributed by atoms with Crippen LogP contribution < -0.4 is 15.8 Å². The molecule has 5 nitrogen and oxygen atoms in total. The van der Waals surface area contributed by atoms with Gasteiger partial charge in [0.25, 0.3) is 5.91 Å². The van der Waals surface area contributed by atoms with Crippen molar-refractivity contribution in [1.82, 2.24) is 4.98 Å². The number of nitrogen functional groups attached to an aromatic ring is 1. The highest BCUT2D eigenvalue weighted by Crippen LogP contribution is 2.36. The van der Waals surface area contributed by atoms with E-state index in [0.717, 1.165) is 16.1 Å². The van der Waals surface area contributed by atoms with Crippen LogP contribution >= 0.6 is 11.3 Å². The summed E-state index contributed by atoms with van der Waals surface area (Å²) in [6, 6.07) is 5.63. The Morgan fingerprint density at radius 2 is 2.26 bits per heavy atom. The molecule has 1 aliphatic heterocycles. The van der Waals surface area contributed by atoms with Crippen molar-refractivity contribution in [2.45, 2.75) is 20.0 Å². The molecule has 0 radical (unpaired) electrons. The van der Waals surface area contributed by atoms with Crippen molar-refractivity contribution in [2.75, 3.05) is 11.1 Å². The van der Waals surface area contributed by atoms with Gasteiger partial charge in [-0.1, -0.05) is 0 Å². The lowest BCUT2D eigenvalue weighted by molar-refractivity contribution is -0.122. The number of carbonyl (C=O) groups excluding carboxylic acids is 1. The average molecular weight is 275 g/mol. The number of hydrogen-bond donors (Lipinski definition) is 2. The molecule has 1 amide bonds. The number of carbonyl (C=O) groups is 1. The van der Waals surface area contributed by atoms with Crippen LogP contribution in [0.25, 0.3) is 11.3 Å². The first-order valence-electron chi connectivity index (χ1n) is 5.89. The summed E-state index contributed by atoms with van der Waals surface area (Å²) in [6.45, 7) is 3.69. The molecule has 1 aromatic heterocycles. The standard InChI is InChI=1S/C13H13N3O2S/c1-6-12(17)15-9-5-8(3-4-10(9)18-6)11-7(2)19-13(14)16-11/h3-6H,1-2H3,(H2,14,16)(H,15,17)/t6-/m0/s1. The number of aryl methyl sites for hydroxylation is 1. The molecular weight excluding hydrogens is 262 g/mol. The minimum atomic E-state index is -0.463. The van der Waals surface area contributed by atoms with E-state index < -0.39 is 6.10 Å². The van der Waals surface area contributed by atoms with Crippen molar-refractivity contribution < 1.29 is 9.53 Å². The van der Waals surface area contributed by atoms with Gasteiger partial charge in [-0.3, -0.25) is 4.79 Å². The Balaban J connectivity index is 2.05. The molecule has 1 aliphatic rings. The van der Waals surface area contributed by atoms with Gasteiger partial charge in [0.2, 0.25) is 0 Å². The van der Waals surface area contributed by atoms with Gasteiger partial charge in [0, 0.05) is 10.4 Å². The van der Waals surface area contributed by atoms with E-state index in [4.69, 9.17) is 10.5 Å². The van der Waals surface area contributed by atoms with Crippen LogP contribution in [-0.2, 0) is 4.79 Å². The normalized spacial score (nSPS) is 17.6. The molecule has 0 saturated heterocycles. The number of ether oxygens (including phenoxy) is 1. The lowest BCUT2D eigenvalue weighted by Gasteiger charge is -2.23. The topological polar surface area (TPSA) is 77.2 Å². The molecule has 0 spiro atoms. The van der Waals surface area contributed by atoms with E-state index in [9.17, 15) is 4.79 Å². The largest absolute Gasteiger partial charge is 0.479 e. The highest BCUT2D eigenvalue weighted by Gasteiger charge is 2.24. The van der Waals surface area contributed by atoms with Gasteiger partial charge in [-0.2, -0.15) is 0 Å². The van der Waals surface area contributed by atoms with Crippen molar-refractivity contribution in [3.63, 3.8) is 0 Å². The van der Waals surface area contributed by atoms with Gasteiger partial charge in [0.1, 0.15) is 5.75 Å². The first kappa shape index (κ1) is 12.0. The van der Waals surface area contributed by atoms with Gasteiger partial charge >= 0.3 is 0 Å². The summed E-state index contributed by atoms with van der Waals surface area (Å²) in [5.74, 6) is 0.538. The molecule has 0 saturated carbocycles. The predicted molar refractivity (Wildman–Crippen MR) is 75.4 cm³/mol. The molecule has 0 fully saturated rings. The number of rotatable bonds is 1. The Bertz CT molecular complexity index is 666. The van der Waals surface area contributed by atoms with Crippen LogP contribution in [0.3, 0.4) is 0 Å². The maximum atomic E-state index is 11.6. The van der Waals surface area contributed by atoms with Crippen molar-refractivity contribution in [3.05, 3.63) is 23.1 Å². The minimum Gasteiger partial charge on any atom is -0.479 e. The number of nitrogens with zero attached hydrogens (tertiary/aromatic N) is 1. The number of nitrogens with two attached hydrogens (primary N) is 1. The number of amides is 1. The Morgan fingerprint density at radius 1 is 1.47 bits per heavy atom. The van der Waals surface area contributed by atoms with Crippen LogP contribution in [0.2, 0.25) is 0 Å². The summed E-state index contributed by atoms with van der Waals surface area (Å²) >= 11 is 1.45. The fraction of sp³-hybridized carbons (Fsp3) is 0.231. The van der Waals surface area contributed by atoms with E-state index in [-0.39, 0.29) is 5.91 Å².